The SMILES string of the molecule is O=C(O)C#CCNc1ccccc1. The third-order valence-corrected chi connectivity index (χ3v) is 1.35. The normalized spacial score (nSPS) is 8.31. The van der Waals surface area contributed by atoms with Crippen LogP contribution in [0.25, 0.3) is 0 Å². The molecule has 0 aliphatic rings. The average Bonchev–Trinajstić information content (AvgIpc) is 2.14. The highest BCUT2D eigenvalue weighted by atomic mass is 16.4. The molecule has 0 atom stereocenters. The summed E-state index contributed by atoms with van der Waals surface area (Å²) in [6.45, 7) is 0.344. The van der Waals surface area contributed by atoms with Gasteiger partial charge in [-0.05, 0) is 12.1 Å². The second kappa shape index (κ2) is 4.83. The molecule has 0 spiro atoms. The van der Waals surface area contributed by atoms with E-state index in [2.05, 4.69) is 11.2 Å². The Morgan fingerprint density at radius 3 is 2.69 bits per heavy atom. The van der Waals surface area contributed by atoms with Crippen molar-refractivity contribution >= 4 is 11.7 Å². The van der Waals surface area contributed by atoms with Crippen molar-refractivity contribution < 1.29 is 9.90 Å². The number of nitrogens with one attached hydrogen (secondary N) is 1. The number of anilines is 1. The fourth-order valence-electron chi connectivity index (χ4n) is 0.822. The highest BCUT2D eigenvalue weighted by Crippen LogP contribution is 2.02. The van der Waals surface area contributed by atoms with E-state index in [9.17, 15) is 4.79 Å². The van der Waals surface area contributed by atoms with Crippen LogP contribution in [0.5, 0.6) is 0 Å². The summed E-state index contributed by atoms with van der Waals surface area (Å²) < 4.78 is 0. The third-order valence-electron chi connectivity index (χ3n) is 1.35. The molecule has 0 aliphatic heterocycles. The first kappa shape index (κ1) is 9.14. The Hall–Kier alpha value is -1.95. The molecule has 0 bridgehead atoms. The number of hydrogen-bond acceptors (Lipinski definition) is 2. The largest absolute Gasteiger partial charge is 0.472 e. The van der Waals surface area contributed by atoms with Gasteiger partial charge in [-0.15, -0.1) is 0 Å². The summed E-state index contributed by atoms with van der Waals surface area (Å²) in [5.41, 5.74) is 0.933. The molecule has 0 unspecified atom stereocenters. The molecule has 0 amide bonds. The minimum absolute atomic E-state index is 0.344. The average molecular weight is 175 g/mol. The highest BCUT2D eigenvalue weighted by molar-refractivity contribution is 5.86. The zero-order chi connectivity index (χ0) is 9.52. The van der Waals surface area contributed by atoms with Crippen LogP contribution in [0.3, 0.4) is 0 Å². The second-order valence-electron chi connectivity index (χ2n) is 2.33. The molecular formula is C10H9NO2. The zero-order valence-corrected chi connectivity index (χ0v) is 6.95. The van der Waals surface area contributed by atoms with Gasteiger partial charge in [0.1, 0.15) is 0 Å². The van der Waals surface area contributed by atoms with Crippen LogP contribution >= 0.6 is 0 Å². The van der Waals surface area contributed by atoms with E-state index in [-0.39, 0.29) is 0 Å². The lowest BCUT2D eigenvalue weighted by atomic mass is 10.3. The Balaban J connectivity index is 2.37. The molecule has 0 fully saturated rings. The molecule has 0 saturated heterocycles. The van der Waals surface area contributed by atoms with Crippen molar-refractivity contribution in [2.45, 2.75) is 0 Å². The maximum absolute atomic E-state index is 10.0. The Kier molecular flexibility index (Phi) is 3.40. The highest BCUT2D eigenvalue weighted by Gasteiger charge is 1.85. The van der Waals surface area contributed by atoms with Gasteiger partial charge in [-0.1, -0.05) is 24.1 Å². The summed E-state index contributed by atoms with van der Waals surface area (Å²) in [5, 5.41) is 11.2. The standard InChI is InChI=1S/C10H9NO2/c12-10(13)7-4-8-11-9-5-2-1-3-6-9/h1-3,5-6,11H,8H2,(H,12,13). The number of para-hydroxylation sites is 1. The molecule has 3 heteroatoms. The number of carboxylic acid groups (broad SMARTS) is 1. The molecular weight excluding hydrogens is 166 g/mol. The molecule has 2 N–H and O–H groups in total. The number of carboxylic acids is 1. The van der Waals surface area contributed by atoms with Crippen molar-refractivity contribution in [2.24, 2.45) is 0 Å². The lowest BCUT2D eigenvalue weighted by Gasteiger charge is -1.99. The van der Waals surface area contributed by atoms with Gasteiger partial charge in [-0.3, -0.25) is 0 Å². The smallest absolute Gasteiger partial charge is 0.381 e. The van der Waals surface area contributed by atoms with E-state index < -0.39 is 5.97 Å². The van der Waals surface area contributed by atoms with E-state index >= 15 is 0 Å². The third kappa shape index (κ3) is 3.82. The Bertz CT molecular complexity index is 335. The molecule has 66 valence electrons. The molecule has 1 rings (SSSR count). The fraction of sp³-hybridized carbons (Fsp3) is 0.100. The van der Waals surface area contributed by atoms with Crippen molar-refractivity contribution in [3.05, 3.63) is 30.3 Å². The number of rotatable bonds is 2. The van der Waals surface area contributed by atoms with Crippen LogP contribution < -0.4 is 5.32 Å². The fourth-order valence-corrected chi connectivity index (χ4v) is 0.822. The zero-order valence-electron chi connectivity index (χ0n) is 6.95. The topological polar surface area (TPSA) is 49.3 Å². The van der Waals surface area contributed by atoms with Crippen molar-refractivity contribution in [1.82, 2.24) is 0 Å². The Morgan fingerprint density at radius 1 is 1.38 bits per heavy atom. The Morgan fingerprint density at radius 2 is 2.08 bits per heavy atom. The van der Waals surface area contributed by atoms with Crippen molar-refractivity contribution in [3.63, 3.8) is 0 Å². The summed E-state index contributed by atoms with van der Waals surface area (Å²) in [5.74, 6) is 3.39. The summed E-state index contributed by atoms with van der Waals surface area (Å²) in [6.07, 6.45) is 0. The van der Waals surface area contributed by atoms with Gasteiger partial charge in [0.05, 0.1) is 6.54 Å². The molecule has 0 radical (unpaired) electrons. The minimum Gasteiger partial charge on any atom is -0.472 e. The van der Waals surface area contributed by atoms with Gasteiger partial charge < -0.3 is 10.4 Å². The van der Waals surface area contributed by atoms with Gasteiger partial charge in [-0.25, -0.2) is 4.79 Å². The van der Waals surface area contributed by atoms with Crippen LogP contribution in [0.2, 0.25) is 0 Å². The van der Waals surface area contributed by atoms with Gasteiger partial charge in [0, 0.05) is 11.6 Å². The van der Waals surface area contributed by atoms with Crippen LogP contribution in [-0.2, 0) is 4.79 Å². The quantitative estimate of drug-likeness (QED) is 0.664. The van der Waals surface area contributed by atoms with Gasteiger partial charge in [0.2, 0.25) is 0 Å². The first-order valence-corrected chi connectivity index (χ1v) is 3.80. The van der Waals surface area contributed by atoms with Gasteiger partial charge in [0.25, 0.3) is 0 Å². The monoisotopic (exact) mass is 175 g/mol. The molecule has 3 nitrogen and oxygen atoms in total. The van der Waals surface area contributed by atoms with Crippen LogP contribution in [0.1, 0.15) is 0 Å². The molecule has 0 saturated carbocycles. The summed E-state index contributed by atoms with van der Waals surface area (Å²) >= 11 is 0. The molecule has 0 aliphatic carbocycles. The predicted molar refractivity (Wildman–Crippen MR) is 50.3 cm³/mol. The van der Waals surface area contributed by atoms with E-state index in [0.717, 1.165) is 5.69 Å². The second-order valence-corrected chi connectivity index (χ2v) is 2.33. The maximum atomic E-state index is 10.0. The summed E-state index contributed by atoms with van der Waals surface area (Å²) in [7, 11) is 0. The first-order valence-electron chi connectivity index (χ1n) is 3.80. The van der Waals surface area contributed by atoms with Crippen molar-refractivity contribution in [2.75, 3.05) is 11.9 Å². The van der Waals surface area contributed by atoms with Gasteiger partial charge >= 0.3 is 5.97 Å². The first-order chi connectivity index (χ1) is 6.29. The number of carbonyl (C=O) groups is 1. The molecule has 0 aromatic heterocycles. The van der Waals surface area contributed by atoms with E-state index in [1.165, 1.54) is 0 Å². The van der Waals surface area contributed by atoms with Crippen molar-refractivity contribution in [1.29, 1.82) is 0 Å². The van der Waals surface area contributed by atoms with Gasteiger partial charge in [-0.2, -0.15) is 0 Å². The van der Waals surface area contributed by atoms with Crippen LogP contribution in [0, 0.1) is 11.8 Å². The lowest BCUT2D eigenvalue weighted by Crippen LogP contribution is -1.99. The number of hydrogen-bond donors (Lipinski definition) is 2. The van der Waals surface area contributed by atoms with E-state index in [4.69, 9.17) is 5.11 Å². The molecule has 0 heterocycles. The van der Waals surface area contributed by atoms with Crippen molar-refractivity contribution in [3.8, 4) is 11.8 Å². The summed E-state index contributed by atoms with van der Waals surface area (Å²) in [4.78, 5) is 10.0. The Labute approximate surface area is 76.4 Å². The molecule has 13 heavy (non-hydrogen) atoms. The number of aliphatic carboxylic acids is 1. The maximum Gasteiger partial charge on any atom is 0.381 e. The lowest BCUT2D eigenvalue weighted by molar-refractivity contribution is -0.130. The number of benzene rings is 1. The molecule has 1 aromatic rings. The summed E-state index contributed by atoms with van der Waals surface area (Å²) in [6, 6.07) is 9.49. The van der Waals surface area contributed by atoms with Gasteiger partial charge in [0.15, 0.2) is 0 Å². The van der Waals surface area contributed by atoms with Crippen LogP contribution in [0.15, 0.2) is 30.3 Å². The van der Waals surface area contributed by atoms with E-state index in [1.807, 2.05) is 36.3 Å². The minimum atomic E-state index is -1.10. The molecule has 1 aromatic carbocycles. The predicted octanol–water partition coefficient (Wildman–Crippen LogP) is 1.19. The van der Waals surface area contributed by atoms with E-state index in [1.54, 1.807) is 0 Å². The van der Waals surface area contributed by atoms with Crippen LogP contribution in [0.4, 0.5) is 5.69 Å². The van der Waals surface area contributed by atoms with E-state index in [0.29, 0.717) is 6.54 Å². The van der Waals surface area contributed by atoms with Crippen LogP contribution in [-0.4, -0.2) is 17.6 Å².